The average molecular weight is 342 g/mol. The standard InChI is InChI=1S/C15H20ClN3O4/c1-10(13-4-3-12(19(21)22)9-14(13)16)17-11(2)15(20)18-5-7-23-8-6-18/h3-4,9-11,17H,5-8H2,1-2H3/t10-,11-/m1/s1. The third kappa shape index (κ3) is 4.40. The van der Waals surface area contributed by atoms with Crippen molar-refractivity contribution in [1.82, 2.24) is 10.2 Å². The number of ether oxygens (including phenoxy) is 1. The van der Waals surface area contributed by atoms with Crippen LogP contribution in [0, 0.1) is 10.1 Å². The number of carbonyl (C=O) groups excluding carboxylic acids is 1. The summed E-state index contributed by atoms with van der Waals surface area (Å²) in [5.74, 6) is 0.0122. The van der Waals surface area contributed by atoms with Gasteiger partial charge >= 0.3 is 0 Å². The van der Waals surface area contributed by atoms with Crippen LogP contribution in [0.3, 0.4) is 0 Å². The lowest BCUT2D eigenvalue weighted by Crippen LogP contribution is -2.49. The maximum absolute atomic E-state index is 12.4. The van der Waals surface area contributed by atoms with Crippen LogP contribution in [0.1, 0.15) is 25.5 Å². The predicted octanol–water partition coefficient (Wildman–Crippen LogP) is 2.15. The molecule has 1 heterocycles. The fraction of sp³-hybridized carbons (Fsp3) is 0.533. The molecule has 1 aliphatic heterocycles. The van der Waals surface area contributed by atoms with Crippen LogP contribution >= 0.6 is 11.6 Å². The van der Waals surface area contributed by atoms with Gasteiger partial charge in [-0.05, 0) is 25.5 Å². The predicted molar refractivity (Wildman–Crippen MR) is 86.5 cm³/mol. The van der Waals surface area contributed by atoms with Crippen LogP contribution in [-0.4, -0.2) is 48.1 Å². The lowest BCUT2D eigenvalue weighted by molar-refractivity contribution is -0.384. The van der Waals surface area contributed by atoms with Gasteiger partial charge in [-0.25, -0.2) is 0 Å². The molecule has 7 nitrogen and oxygen atoms in total. The number of benzene rings is 1. The van der Waals surface area contributed by atoms with Gasteiger partial charge in [0.2, 0.25) is 5.91 Å². The van der Waals surface area contributed by atoms with Crippen molar-refractivity contribution >= 4 is 23.2 Å². The average Bonchev–Trinajstić information content (AvgIpc) is 2.54. The summed E-state index contributed by atoms with van der Waals surface area (Å²) < 4.78 is 5.24. The first-order valence-corrected chi connectivity index (χ1v) is 7.84. The first-order valence-electron chi connectivity index (χ1n) is 7.46. The molecule has 8 heteroatoms. The summed E-state index contributed by atoms with van der Waals surface area (Å²) in [6, 6.07) is 3.76. The zero-order valence-electron chi connectivity index (χ0n) is 13.1. The largest absolute Gasteiger partial charge is 0.378 e. The van der Waals surface area contributed by atoms with E-state index in [1.807, 2.05) is 6.92 Å². The van der Waals surface area contributed by atoms with Crippen molar-refractivity contribution in [3.05, 3.63) is 38.9 Å². The van der Waals surface area contributed by atoms with E-state index in [-0.39, 0.29) is 23.7 Å². The van der Waals surface area contributed by atoms with Crippen molar-refractivity contribution < 1.29 is 14.5 Å². The van der Waals surface area contributed by atoms with E-state index >= 15 is 0 Å². The van der Waals surface area contributed by atoms with Gasteiger partial charge in [-0.1, -0.05) is 11.6 Å². The Balaban J connectivity index is 2.01. The molecule has 0 unspecified atom stereocenters. The van der Waals surface area contributed by atoms with E-state index in [1.54, 1.807) is 17.9 Å². The minimum atomic E-state index is -0.488. The van der Waals surface area contributed by atoms with Crippen LogP contribution in [0.4, 0.5) is 5.69 Å². The van der Waals surface area contributed by atoms with E-state index < -0.39 is 4.92 Å². The van der Waals surface area contributed by atoms with Gasteiger partial charge in [-0.2, -0.15) is 0 Å². The number of rotatable bonds is 5. The van der Waals surface area contributed by atoms with Gasteiger partial charge in [0.1, 0.15) is 0 Å². The van der Waals surface area contributed by atoms with E-state index in [9.17, 15) is 14.9 Å². The molecular weight excluding hydrogens is 322 g/mol. The van der Waals surface area contributed by atoms with Crippen LogP contribution < -0.4 is 5.32 Å². The van der Waals surface area contributed by atoms with E-state index in [0.29, 0.717) is 31.3 Å². The highest BCUT2D eigenvalue weighted by atomic mass is 35.5. The van der Waals surface area contributed by atoms with Gasteiger partial charge in [0.05, 0.1) is 29.2 Å². The van der Waals surface area contributed by atoms with Gasteiger partial charge in [0, 0.05) is 31.3 Å². The lowest BCUT2D eigenvalue weighted by atomic mass is 10.1. The van der Waals surface area contributed by atoms with Crippen LogP contribution in [0.25, 0.3) is 0 Å². The Morgan fingerprint density at radius 3 is 2.61 bits per heavy atom. The number of nitrogens with one attached hydrogen (secondary N) is 1. The number of nitro benzene ring substituents is 1. The molecule has 2 rings (SSSR count). The van der Waals surface area contributed by atoms with Gasteiger partial charge in [0.15, 0.2) is 0 Å². The van der Waals surface area contributed by atoms with E-state index in [2.05, 4.69) is 5.32 Å². The lowest BCUT2D eigenvalue weighted by Gasteiger charge is -2.30. The number of nitrogens with zero attached hydrogens (tertiary/aromatic N) is 2. The minimum absolute atomic E-state index is 0.0122. The molecule has 0 spiro atoms. The molecule has 1 N–H and O–H groups in total. The second kappa shape index (κ2) is 7.72. The summed E-state index contributed by atoms with van der Waals surface area (Å²) in [6.07, 6.45) is 0. The van der Waals surface area contributed by atoms with Crippen LogP contribution in [-0.2, 0) is 9.53 Å². The van der Waals surface area contributed by atoms with Gasteiger partial charge in [0.25, 0.3) is 5.69 Å². The maximum Gasteiger partial charge on any atom is 0.270 e. The summed E-state index contributed by atoms with van der Waals surface area (Å²) in [6.45, 7) is 5.98. The molecule has 1 fully saturated rings. The van der Waals surface area contributed by atoms with Crippen molar-refractivity contribution in [2.75, 3.05) is 26.3 Å². The molecular formula is C15H20ClN3O4. The maximum atomic E-state index is 12.4. The molecule has 1 aromatic carbocycles. The highest BCUT2D eigenvalue weighted by Crippen LogP contribution is 2.27. The molecule has 0 bridgehead atoms. The number of halogens is 1. The van der Waals surface area contributed by atoms with E-state index in [0.717, 1.165) is 5.56 Å². The first-order chi connectivity index (χ1) is 10.9. The number of hydrogen-bond acceptors (Lipinski definition) is 5. The normalized spacial score (nSPS) is 17.6. The highest BCUT2D eigenvalue weighted by molar-refractivity contribution is 6.31. The summed E-state index contributed by atoms with van der Waals surface area (Å²) in [5.41, 5.74) is 0.669. The zero-order valence-corrected chi connectivity index (χ0v) is 13.9. The van der Waals surface area contributed by atoms with Crippen molar-refractivity contribution in [2.24, 2.45) is 0 Å². The van der Waals surface area contributed by atoms with Gasteiger partial charge < -0.3 is 9.64 Å². The Morgan fingerprint density at radius 1 is 1.39 bits per heavy atom. The molecule has 2 atom stereocenters. The summed E-state index contributed by atoms with van der Waals surface area (Å²) in [4.78, 5) is 24.4. The summed E-state index contributed by atoms with van der Waals surface area (Å²) >= 11 is 6.12. The van der Waals surface area contributed by atoms with Crippen molar-refractivity contribution in [3.8, 4) is 0 Å². The van der Waals surface area contributed by atoms with Crippen molar-refractivity contribution in [1.29, 1.82) is 0 Å². The monoisotopic (exact) mass is 341 g/mol. The number of morpholine rings is 1. The second-order valence-corrected chi connectivity index (χ2v) is 5.92. The number of non-ortho nitro benzene ring substituents is 1. The SMILES string of the molecule is C[C@@H](N[C@H](C)c1ccc([N+](=O)[O-])cc1Cl)C(=O)N1CCOCC1. The molecule has 23 heavy (non-hydrogen) atoms. The van der Waals surface area contributed by atoms with E-state index in [4.69, 9.17) is 16.3 Å². The topological polar surface area (TPSA) is 84.7 Å². The highest BCUT2D eigenvalue weighted by Gasteiger charge is 2.24. The van der Waals surface area contributed by atoms with Gasteiger partial charge in [-0.3, -0.25) is 20.2 Å². The Bertz CT molecular complexity index is 590. The molecule has 1 aromatic rings. The molecule has 1 aliphatic rings. The Kier molecular flexibility index (Phi) is 5.92. The second-order valence-electron chi connectivity index (χ2n) is 5.51. The van der Waals surface area contributed by atoms with Crippen LogP contribution in [0.5, 0.6) is 0 Å². The van der Waals surface area contributed by atoms with Crippen molar-refractivity contribution in [3.63, 3.8) is 0 Å². The quantitative estimate of drug-likeness (QED) is 0.655. The molecule has 0 saturated carbocycles. The molecule has 1 saturated heterocycles. The van der Waals surface area contributed by atoms with Crippen molar-refractivity contribution in [2.45, 2.75) is 25.9 Å². The Hall–Kier alpha value is -1.70. The van der Waals surface area contributed by atoms with E-state index in [1.165, 1.54) is 12.1 Å². The number of nitro groups is 1. The minimum Gasteiger partial charge on any atom is -0.378 e. The fourth-order valence-corrected chi connectivity index (χ4v) is 2.91. The Labute approximate surface area is 139 Å². The molecule has 1 amide bonds. The van der Waals surface area contributed by atoms with Crippen LogP contribution in [0.2, 0.25) is 5.02 Å². The third-order valence-corrected chi connectivity index (χ3v) is 4.18. The zero-order chi connectivity index (χ0) is 17.0. The number of carbonyl (C=O) groups is 1. The summed E-state index contributed by atoms with van der Waals surface area (Å²) in [7, 11) is 0. The Morgan fingerprint density at radius 2 is 2.04 bits per heavy atom. The fourth-order valence-electron chi connectivity index (χ4n) is 2.57. The van der Waals surface area contributed by atoms with Crippen LogP contribution in [0.15, 0.2) is 18.2 Å². The molecule has 0 aromatic heterocycles. The van der Waals surface area contributed by atoms with Gasteiger partial charge in [-0.15, -0.1) is 0 Å². The number of hydrogen-bond donors (Lipinski definition) is 1. The smallest absolute Gasteiger partial charge is 0.270 e. The summed E-state index contributed by atoms with van der Waals surface area (Å²) in [5, 5.41) is 14.3. The third-order valence-electron chi connectivity index (χ3n) is 3.85. The number of amides is 1. The molecule has 126 valence electrons. The molecule has 0 aliphatic carbocycles. The first kappa shape index (κ1) is 17.7. The molecule has 0 radical (unpaired) electrons.